The standard InChI is InChI=1S/C78H52N2/c1-5-21-57(22-6-1)73-47-48-74(58-23-7-2-8-24-58)79(73)63-41-35-53(36-42-63)61-39-45-69-71(51-61)77(67-33-17-29-55-19-13-15-31-65(55)67)70-46-40-62(52-72(70)78(69)68-34-18-30-56-20-14-16-32-66(56)68)54-37-43-64(44-38-54)80-75(59-25-9-3-10-26-59)49-50-76(80)60-27-11-4-12-28-60/h1-52H. The Morgan fingerprint density at radius 2 is 0.475 bits per heavy atom. The van der Waals surface area contributed by atoms with Crippen LogP contribution >= 0.6 is 0 Å². The third-order valence-electron chi connectivity index (χ3n) is 16.2. The van der Waals surface area contributed by atoms with Crippen molar-refractivity contribution in [3.8, 4) is 101 Å². The fourth-order valence-corrected chi connectivity index (χ4v) is 12.4. The molecular formula is C78H52N2. The van der Waals surface area contributed by atoms with Gasteiger partial charge in [-0.1, -0.05) is 255 Å². The molecule has 0 radical (unpaired) electrons. The van der Waals surface area contributed by atoms with E-state index in [2.05, 4.69) is 325 Å². The minimum absolute atomic E-state index is 1.11. The predicted molar refractivity (Wildman–Crippen MR) is 339 cm³/mol. The molecule has 2 heterocycles. The van der Waals surface area contributed by atoms with E-state index in [0.29, 0.717) is 0 Å². The summed E-state index contributed by atoms with van der Waals surface area (Å²) in [5.41, 5.74) is 21.1. The summed E-state index contributed by atoms with van der Waals surface area (Å²) in [6.45, 7) is 0. The van der Waals surface area contributed by atoms with E-state index in [4.69, 9.17) is 0 Å². The largest absolute Gasteiger partial charge is 0.309 e. The average molecular weight is 1020 g/mol. The molecule has 2 aromatic heterocycles. The number of rotatable bonds is 10. The summed E-state index contributed by atoms with van der Waals surface area (Å²) in [6.07, 6.45) is 0. The summed E-state index contributed by atoms with van der Waals surface area (Å²) in [4.78, 5) is 0. The van der Waals surface area contributed by atoms with Gasteiger partial charge in [0.2, 0.25) is 0 Å². The molecule has 0 bridgehead atoms. The van der Waals surface area contributed by atoms with E-state index in [1.165, 1.54) is 87.6 Å². The van der Waals surface area contributed by atoms with Gasteiger partial charge >= 0.3 is 0 Å². The van der Waals surface area contributed by atoms with Gasteiger partial charge in [-0.05, 0) is 171 Å². The van der Waals surface area contributed by atoms with Crippen molar-refractivity contribution in [2.45, 2.75) is 0 Å². The normalized spacial score (nSPS) is 11.5. The third-order valence-corrected chi connectivity index (χ3v) is 16.2. The van der Waals surface area contributed by atoms with Crippen LogP contribution in [0, 0.1) is 0 Å². The summed E-state index contributed by atoms with van der Waals surface area (Å²) in [5, 5.41) is 9.76. The van der Waals surface area contributed by atoms with Crippen LogP contribution in [-0.2, 0) is 0 Å². The van der Waals surface area contributed by atoms with Gasteiger partial charge in [0.25, 0.3) is 0 Å². The SMILES string of the molecule is c1ccc(-c2ccc(-c3ccccc3)n2-c2ccc(-c3ccc4c(-c5cccc6ccccc56)c5cc(-c6ccc(-n7c(-c8ccccc8)ccc7-c7ccccc7)cc6)ccc5c(-c5cccc6ccccc56)c4c3)cc2)cc1. The molecule has 0 saturated heterocycles. The Bertz CT molecular complexity index is 4330. The fraction of sp³-hybridized carbons (Fsp3) is 0. The molecule has 0 amide bonds. The lowest BCUT2D eigenvalue weighted by molar-refractivity contribution is 1.09. The molecule has 0 atom stereocenters. The van der Waals surface area contributed by atoms with Crippen LogP contribution in [0.25, 0.3) is 144 Å². The smallest absolute Gasteiger partial charge is 0.0535 e. The Morgan fingerprint density at radius 1 is 0.175 bits per heavy atom. The summed E-state index contributed by atoms with van der Waals surface area (Å²) in [5.74, 6) is 0. The maximum Gasteiger partial charge on any atom is 0.0535 e. The Balaban J connectivity index is 0.930. The molecule has 0 aliphatic carbocycles. The first-order valence-electron chi connectivity index (χ1n) is 27.6. The summed E-state index contributed by atoms with van der Waals surface area (Å²) >= 11 is 0. The van der Waals surface area contributed by atoms with Gasteiger partial charge in [-0.3, -0.25) is 0 Å². The molecule has 2 heteroatoms. The maximum absolute atomic E-state index is 2.46. The van der Waals surface area contributed by atoms with Crippen LogP contribution in [0.4, 0.5) is 0 Å². The number of hydrogen-bond acceptors (Lipinski definition) is 0. The zero-order valence-electron chi connectivity index (χ0n) is 43.9. The molecule has 13 aromatic carbocycles. The van der Waals surface area contributed by atoms with Crippen LogP contribution in [0.1, 0.15) is 0 Å². The third kappa shape index (κ3) is 8.13. The lowest BCUT2D eigenvalue weighted by Crippen LogP contribution is -1.99. The zero-order chi connectivity index (χ0) is 52.9. The number of fused-ring (bicyclic) bond motifs is 4. The lowest BCUT2D eigenvalue weighted by atomic mass is 9.82. The highest BCUT2D eigenvalue weighted by atomic mass is 15.0. The van der Waals surface area contributed by atoms with Gasteiger partial charge in [0.05, 0.1) is 22.8 Å². The molecule has 0 aliphatic heterocycles. The molecule has 0 unspecified atom stereocenters. The molecule has 374 valence electrons. The Kier molecular flexibility index (Phi) is 11.6. The quantitative estimate of drug-likeness (QED) is 0.121. The predicted octanol–water partition coefficient (Wildman–Crippen LogP) is 21.2. The van der Waals surface area contributed by atoms with E-state index >= 15 is 0 Å². The fourth-order valence-electron chi connectivity index (χ4n) is 12.4. The van der Waals surface area contributed by atoms with Gasteiger partial charge in [-0.25, -0.2) is 0 Å². The highest BCUT2D eigenvalue weighted by Gasteiger charge is 2.22. The minimum atomic E-state index is 1.11. The van der Waals surface area contributed by atoms with E-state index < -0.39 is 0 Å². The zero-order valence-corrected chi connectivity index (χ0v) is 43.9. The monoisotopic (exact) mass is 1020 g/mol. The van der Waals surface area contributed by atoms with Crippen LogP contribution in [0.15, 0.2) is 315 Å². The van der Waals surface area contributed by atoms with Gasteiger partial charge < -0.3 is 9.13 Å². The second-order valence-corrected chi connectivity index (χ2v) is 20.8. The molecular weight excluding hydrogens is 965 g/mol. The molecule has 80 heavy (non-hydrogen) atoms. The summed E-state index contributed by atoms with van der Waals surface area (Å²) in [7, 11) is 0. The molecule has 0 spiro atoms. The number of benzene rings is 13. The van der Waals surface area contributed by atoms with Crippen LogP contribution in [0.5, 0.6) is 0 Å². The molecule has 15 rings (SSSR count). The minimum Gasteiger partial charge on any atom is -0.309 e. The van der Waals surface area contributed by atoms with Crippen LogP contribution in [-0.4, -0.2) is 9.13 Å². The van der Waals surface area contributed by atoms with Crippen molar-refractivity contribution in [2.24, 2.45) is 0 Å². The topological polar surface area (TPSA) is 9.86 Å². The summed E-state index contributed by atoms with van der Waals surface area (Å²) < 4.78 is 4.79. The second kappa shape index (κ2) is 19.8. The van der Waals surface area contributed by atoms with Gasteiger partial charge in [0.15, 0.2) is 0 Å². The Morgan fingerprint density at radius 3 is 0.825 bits per heavy atom. The number of hydrogen-bond donors (Lipinski definition) is 0. The van der Waals surface area contributed by atoms with E-state index in [9.17, 15) is 0 Å². The number of aromatic nitrogens is 2. The lowest BCUT2D eigenvalue weighted by Gasteiger charge is -2.21. The number of nitrogens with zero attached hydrogens (tertiary/aromatic N) is 2. The summed E-state index contributed by atoms with van der Waals surface area (Å²) in [6, 6.07) is 116. The van der Waals surface area contributed by atoms with Gasteiger partial charge in [0.1, 0.15) is 0 Å². The maximum atomic E-state index is 2.46. The van der Waals surface area contributed by atoms with Crippen molar-refractivity contribution in [2.75, 3.05) is 0 Å². The molecule has 0 saturated carbocycles. The van der Waals surface area contributed by atoms with Crippen LogP contribution in [0.3, 0.4) is 0 Å². The van der Waals surface area contributed by atoms with Crippen molar-refractivity contribution in [3.05, 3.63) is 315 Å². The Labute approximate surface area is 466 Å². The van der Waals surface area contributed by atoms with E-state index in [1.807, 2.05) is 0 Å². The van der Waals surface area contributed by atoms with E-state index in [0.717, 1.165) is 56.4 Å². The molecule has 2 nitrogen and oxygen atoms in total. The van der Waals surface area contributed by atoms with E-state index in [-0.39, 0.29) is 0 Å². The molecule has 0 fully saturated rings. The van der Waals surface area contributed by atoms with Crippen molar-refractivity contribution >= 4 is 43.1 Å². The first kappa shape index (κ1) is 46.7. The van der Waals surface area contributed by atoms with Crippen molar-refractivity contribution < 1.29 is 0 Å². The molecule has 0 aliphatic rings. The van der Waals surface area contributed by atoms with Crippen molar-refractivity contribution in [1.29, 1.82) is 0 Å². The van der Waals surface area contributed by atoms with Gasteiger partial charge in [-0.15, -0.1) is 0 Å². The first-order valence-corrected chi connectivity index (χ1v) is 27.6. The van der Waals surface area contributed by atoms with Crippen LogP contribution < -0.4 is 0 Å². The molecule has 15 aromatic rings. The van der Waals surface area contributed by atoms with E-state index in [1.54, 1.807) is 0 Å². The second-order valence-electron chi connectivity index (χ2n) is 20.8. The van der Waals surface area contributed by atoms with Gasteiger partial charge in [-0.2, -0.15) is 0 Å². The highest BCUT2D eigenvalue weighted by Crippen LogP contribution is 2.49. The van der Waals surface area contributed by atoms with Crippen LogP contribution in [0.2, 0.25) is 0 Å². The van der Waals surface area contributed by atoms with Crippen molar-refractivity contribution in [3.63, 3.8) is 0 Å². The Hall–Kier alpha value is -10.5. The van der Waals surface area contributed by atoms with Crippen molar-refractivity contribution in [1.82, 2.24) is 9.13 Å². The molecule has 0 N–H and O–H groups in total. The first-order chi connectivity index (χ1) is 39.7. The highest BCUT2D eigenvalue weighted by molar-refractivity contribution is 6.26. The van der Waals surface area contributed by atoms with Gasteiger partial charge in [0, 0.05) is 11.4 Å². The average Bonchev–Trinajstić information content (AvgIpc) is 4.31.